The summed E-state index contributed by atoms with van der Waals surface area (Å²) in [6, 6.07) is 5.77. The second-order valence-corrected chi connectivity index (χ2v) is 5.99. The fourth-order valence-electron chi connectivity index (χ4n) is 2.66. The number of amides is 1. The van der Waals surface area contributed by atoms with Crippen LogP contribution in [0.25, 0.3) is 0 Å². The van der Waals surface area contributed by atoms with Crippen molar-refractivity contribution < 1.29 is 14.3 Å². The Morgan fingerprint density at radius 1 is 1.14 bits per heavy atom. The van der Waals surface area contributed by atoms with Gasteiger partial charge in [0.1, 0.15) is 0 Å². The number of fused-ring (bicyclic) bond motifs is 1. The molecule has 2 rings (SSSR count). The van der Waals surface area contributed by atoms with Gasteiger partial charge < -0.3 is 14.4 Å². The Bertz CT molecular complexity index is 505. The molecular formula is C17H25NO3. The molecule has 21 heavy (non-hydrogen) atoms. The van der Waals surface area contributed by atoms with E-state index in [9.17, 15) is 4.79 Å². The highest BCUT2D eigenvalue weighted by molar-refractivity contribution is 5.87. The van der Waals surface area contributed by atoms with E-state index in [1.807, 2.05) is 36.9 Å². The van der Waals surface area contributed by atoms with Crippen LogP contribution in [0.1, 0.15) is 46.1 Å². The zero-order chi connectivity index (χ0) is 15.5. The Kier molecular flexibility index (Phi) is 4.76. The molecular weight excluding hydrogens is 266 g/mol. The molecule has 1 aromatic carbocycles. The lowest BCUT2D eigenvalue weighted by Gasteiger charge is -2.32. The molecule has 116 valence electrons. The van der Waals surface area contributed by atoms with Crippen LogP contribution in [0.15, 0.2) is 18.2 Å². The number of ether oxygens (including phenoxy) is 2. The monoisotopic (exact) mass is 291 g/mol. The average Bonchev–Trinajstić information content (AvgIpc) is 2.93. The minimum absolute atomic E-state index is 0.171. The summed E-state index contributed by atoms with van der Waals surface area (Å²) in [5, 5.41) is 0. The summed E-state index contributed by atoms with van der Waals surface area (Å²) in [5.74, 6) is 1.65. The molecule has 0 atom stereocenters. The van der Waals surface area contributed by atoms with Crippen molar-refractivity contribution in [3.8, 4) is 11.5 Å². The quantitative estimate of drug-likeness (QED) is 0.807. The van der Waals surface area contributed by atoms with E-state index in [-0.39, 0.29) is 12.7 Å². The molecule has 0 bridgehead atoms. The van der Waals surface area contributed by atoms with Crippen LogP contribution in [0, 0.1) is 0 Å². The molecule has 1 aliphatic rings. The molecule has 4 nitrogen and oxygen atoms in total. The molecule has 0 N–H and O–H groups in total. The lowest BCUT2D eigenvalue weighted by atomic mass is 9.83. The first-order chi connectivity index (χ1) is 10.0. The van der Waals surface area contributed by atoms with E-state index in [1.165, 1.54) is 0 Å². The fraction of sp³-hybridized carbons (Fsp3) is 0.588. The summed E-state index contributed by atoms with van der Waals surface area (Å²) in [4.78, 5) is 14.9. The van der Waals surface area contributed by atoms with Gasteiger partial charge in [0.05, 0.1) is 5.41 Å². The van der Waals surface area contributed by atoms with Crippen molar-refractivity contribution in [2.45, 2.75) is 46.0 Å². The zero-order valence-corrected chi connectivity index (χ0v) is 13.4. The molecule has 0 fully saturated rings. The number of benzene rings is 1. The van der Waals surface area contributed by atoms with Gasteiger partial charge in [-0.1, -0.05) is 19.9 Å². The molecule has 0 radical (unpaired) electrons. The van der Waals surface area contributed by atoms with Gasteiger partial charge in [-0.2, -0.15) is 0 Å². The Labute approximate surface area is 127 Å². The number of hydrogen-bond donors (Lipinski definition) is 0. The first-order valence-corrected chi connectivity index (χ1v) is 7.70. The number of nitrogens with zero attached hydrogens (tertiary/aromatic N) is 1. The van der Waals surface area contributed by atoms with Gasteiger partial charge in [0.25, 0.3) is 0 Å². The second-order valence-electron chi connectivity index (χ2n) is 5.99. The molecule has 0 unspecified atom stereocenters. The van der Waals surface area contributed by atoms with Gasteiger partial charge in [-0.3, -0.25) is 4.79 Å². The molecule has 0 saturated carbocycles. The third-order valence-corrected chi connectivity index (χ3v) is 3.90. The van der Waals surface area contributed by atoms with Gasteiger partial charge >= 0.3 is 0 Å². The van der Waals surface area contributed by atoms with E-state index < -0.39 is 5.41 Å². The highest BCUT2D eigenvalue weighted by Crippen LogP contribution is 2.37. The molecule has 1 aliphatic heterocycles. The van der Waals surface area contributed by atoms with Gasteiger partial charge in [0.15, 0.2) is 11.5 Å². The summed E-state index contributed by atoms with van der Waals surface area (Å²) in [6.07, 6.45) is 1.95. The molecule has 1 amide bonds. The fourth-order valence-corrected chi connectivity index (χ4v) is 2.66. The van der Waals surface area contributed by atoms with Crippen LogP contribution >= 0.6 is 0 Å². The predicted octanol–water partition coefficient (Wildman–Crippen LogP) is 3.34. The van der Waals surface area contributed by atoms with Crippen molar-refractivity contribution in [2.75, 3.05) is 19.9 Å². The molecule has 0 saturated heterocycles. The zero-order valence-electron chi connectivity index (χ0n) is 13.4. The Balaban J connectivity index is 2.25. The lowest BCUT2D eigenvalue weighted by molar-refractivity contribution is -0.136. The lowest BCUT2D eigenvalue weighted by Crippen LogP contribution is -2.44. The summed E-state index contributed by atoms with van der Waals surface area (Å²) in [5.41, 5.74) is 0.402. The SMILES string of the molecule is CCCN(CCC)C(=O)C(C)(C)c1ccc2c(c1)OCO2. The van der Waals surface area contributed by atoms with Crippen LogP contribution in [-0.4, -0.2) is 30.7 Å². The number of rotatable bonds is 6. The minimum Gasteiger partial charge on any atom is -0.454 e. The van der Waals surface area contributed by atoms with E-state index in [4.69, 9.17) is 9.47 Å². The second kappa shape index (κ2) is 6.37. The summed E-state index contributed by atoms with van der Waals surface area (Å²) < 4.78 is 10.8. The minimum atomic E-state index is -0.564. The Hall–Kier alpha value is -1.71. The maximum atomic E-state index is 12.9. The van der Waals surface area contributed by atoms with Gasteiger partial charge in [-0.25, -0.2) is 0 Å². The topological polar surface area (TPSA) is 38.8 Å². The average molecular weight is 291 g/mol. The van der Waals surface area contributed by atoms with Gasteiger partial charge in [0.2, 0.25) is 12.7 Å². The van der Waals surface area contributed by atoms with E-state index in [1.54, 1.807) is 0 Å². The first-order valence-electron chi connectivity index (χ1n) is 7.70. The van der Waals surface area contributed by atoms with E-state index in [2.05, 4.69) is 13.8 Å². The van der Waals surface area contributed by atoms with Crippen molar-refractivity contribution in [3.63, 3.8) is 0 Å². The maximum absolute atomic E-state index is 12.9. The normalized spacial score (nSPS) is 13.3. The smallest absolute Gasteiger partial charge is 0.232 e. The van der Waals surface area contributed by atoms with Crippen molar-refractivity contribution in [1.82, 2.24) is 4.90 Å². The standard InChI is InChI=1S/C17H25NO3/c1-5-9-18(10-6-2)16(19)17(3,4)13-7-8-14-15(11-13)21-12-20-14/h7-8,11H,5-6,9-10,12H2,1-4H3. The molecule has 4 heteroatoms. The Morgan fingerprint density at radius 2 is 1.76 bits per heavy atom. The predicted molar refractivity (Wildman–Crippen MR) is 82.8 cm³/mol. The molecule has 1 heterocycles. The van der Waals surface area contributed by atoms with Crippen LogP contribution in [0.4, 0.5) is 0 Å². The molecule has 0 spiro atoms. The third-order valence-electron chi connectivity index (χ3n) is 3.90. The van der Waals surface area contributed by atoms with Crippen molar-refractivity contribution >= 4 is 5.91 Å². The van der Waals surface area contributed by atoms with Crippen LogP contribution in [-0.2, 0) is 10.2 Å². The van der Waals surface area contributed by atoms with E-state index >= 15 is 0 Å². The highest BCUT2D eigenvalue weighted by atomic mass is 16.7. The number of carbonyl (C=O) groups is 1. The van der Waals surface area contributed by atoms with Gasteiger partial charge in [0, 0.05) is 13.1 Å². The molecule has 1 aromatic rings. The van der Waals surface area contributed by atoms with Crippen molar-refractivity contribution in [1.29, 1.82) is 0 Å². The molecule has 0 aliphatic carbocycles. The van der Waals surface area contributed by atoms with E-state index in [0.29, 0.717) is 0 Å². The van der Waals surface area contributed by atoms with Gasteiger partial charge in [-0.15, -0.1) is 0 Å². The van der Waals surface area contributed by atoms with E-state index in [0.717, 1.165) is 43.0 Å². The maximum Gasteiger partial charge on any atom is 0.232 e. The summed E-state index contributed by atoms with van der Waals surface area (Å²) in [6.45, 7) is 10.0. The third kappa shape index (κ3) is 3.14. The largest absolute Gasteiger partial charge is 0.454 e. The van der Waals surface area contributed by atoms with Crippen molar-refractivity contribution in [2.24, 2.45) is 0 Å². The van der Waals surface area contributed by atoms with Crippen LogP contribution in [0.3, 0.4) is 0 Å². The Morgan fingerprint density at radius 3 is 2.38 bits per heavy atom. The van der Waals surface area contributed by atoms with Crippen LogP contribution < -0.4 is 9.47 Å². The number of carbonyl (C=O) groups excluding carboxylic acids is 1. The van der Waals surface area contributed by atoms with Crippen molar-refractivity contribution in [3.05, 3.63) is 23.8 Å². The molecule has 0 aromatic heterocycles. The first kappa shape index (κ1) is 15.7. The van der Waals surface area contributed by atoms with Crippen LogP contribution in [0.2, 0.25) is 0 Å². The summed E-state index contributed by atoms with van der Waals surface area (Å²) in [7, 11) is 0. The van der Waals surface area contributed by atoms with Gasteiger partial charge in [-0.05, 0) is 44.4 Å². The highest BCUT2D eigenvalue weighted by Gasteiger charge is 2.34. The number of hydrogen-bond acceptors (Lipinski definition) is 3. The van der Waals surface area contributed by atoms with Crippen LogP contribution in [0.5, 0.6) is 11.5 Å². The summed E-state index contributed by atoms with van der Waals surface area (Å²) >= 11 is 0.